The maximum atomic E-state index is 13.1. The number of carbonyl (C=O) groups is 2. The molecule has 228 valence electrons. The third-order valence-corrected chi connectivity index (χ3v) is 9.10. The second-order valence-corrected chi connectivity index (χ2v) is 13.1. The lowest BCUT2D eigenvalue weighted by molar-refractivity contribution is -0.136. The Bertz CT molecular complexity index is 1420. The maximum Gasteiger partial charge on any atom is 0.225 e. The highest BCUT2D eigenvalue weighted by Crippen LogP contribution is 2.46. The minimum Gasteiger partial charge on any atom is -0.390 e. The highest BCUT2D eigenvalue weighted by molar-refractivity contribution is 5.91. The van der Waals surface area contributed by atoms with E-state index in [0.717, 1.165) is 53.6 Å². The number of aromatic nitrogens is 2. The Morgan fingerprint density at radius 3 is 2.23 bits per heavy atom. The molecule has 2 amide bonds. The third-order valence-electron chi connectivity index (χ3n) is 9.10. The predicted molar refractivity (Wildman–Crippen MR) is 170 cm³/mol. The molecule has 1 aromatic heterocycles. The highest BCUT2D eigenvalue weighted by atomic mass is 16.3. The molecule has 2 aliphatic carbocycles. The molecule has 0 radical (unpaired) electrons. The van der Waals surface area contributed by atoms with E-state index in [4.69, 9.17) is 5.73 Å². The van der Waals surface area contributed by atoms with Crippen molar-refractivity contribution in [2.24, 2.45) is 11.7 Å². The van der Waals surface area contributed by atoms with Gasteiger partial charge in [0, 0.05) is 41.6 Å². The molecule has 2 saturated carbocycles. The number of carbonyl (C=O) groups excluding carboxylic acids is 2. The molecule has 0 spiro atoms. The van der Waals surface area contributed by atoms with Gasteiger partial charge in [0.1, 0.15) is 5.69 Å². The summed E-state index contributed by atoms with van der Waals surface area (Å²) in [5, 5.41) is 22.2. The molecule has 2 fully saturated rings. The number of nitrogens with one attached hydrogen (secondary N) is 1. The number of amides is 2. The fourth-order valence-electron chi connectivity index (χ4n) is 7.15. The predicted octanol–water partition coefficient (Wildman–Crippen LogP) is 6.04. The van der Waals surface area contributed by atoms with Crippen LogP contribution in [0.4, 0.5) is 5.82 Å². The summed E-state index contributed by atoms with van der Waals surface area (Å²) in [6, 6.07) is 20.3. The molecule has 43 heavy (non-hydrogen) atoms. The van der Waals surface area contributed by atoms with Crippen LogP contribution in [0, 0.1) is 5.92 Å². The van der Waals surface area contributed by atoms with E-state index < -0.39 is 11.1 Å². The zero-order valence-corrected chi connectivity index (χ0v) is 25.8. The van der Waals surface area contributed by atoms with Crippen molar-refractivity contribution in [3.8, 4) is 22.4 Å². The molecule has 0 saturated heterocycles. The number of hydrogen-bond acceptors (Lipinski definition) is 6. The molecule has 0 unspecified atom stereocenters. The van der Waals surface area contributed by atoms with E-state index in [9.17, 15) is 14.7 Å². The number of nitrogens with two attached hydrogens (primary N) is 1. The summed E-state index contributed by atoms with van der Waals surface area (Å²) in [6.45, 7) is 7.89. The Morgan fingerprint density at radius 2 is 1.65 bits per heavy atom. The summed E-state index contributed by atoms with van der Waals surface area (Å²) < 4.78 is 0. The Hall–Kier alpha value is -3.62. The summed E-state index contributed by atoms with van der Waals surface area (Å²) >= 11 is 0. The van der Waals surface area contributed by atoms with E-state index in [1.54, 1.807) is 0 Å². The average molecular weight is 584 g/mol. The van der Waals surface area contributed by atoms with Crippen LogP contribution in [-0.4, -0.2) is 49.7 Å². The Kier molecular flexibility index (Phi) is 8.99. The van der Waals surface area contributed by atoms with Crippen LogP contribution in [0.2, 0.25) is 0 Å². The first-order valence-corrected chi connectivity index (χ1v) is 15.6. The minimum atomic E-state index is -0.719. The lowest BCUT2D eigenvalue weighted by atomic mass is 9.63. The summed E-state index contributed by atoms with van der Waals surface area (Å²) in [7, 11) is 0. The van der Waals surface area contributed by atoms with Crippen LogP contribution < -0.4 is 11.1 Å². The van der Waals surface area contributed by atoms with Gasteiger partial charge < -0.3 is 21.1 Å². The van der Waals surface area contributed by atoms with Gasteiger partial charge in [-0.3, -0.25) is 9.59 Å². The van der Waals surface area contributed by atoms with E-state index in [1.807, 2.05) is 79.4 Å². The normalized spacial score (nSPS) is 25.2. The SMILES string of the molecule is CCC(=O)N(C(C)C)C1CCC(CC(=O)Nc2cc(-c3ccccc3)c(-c3ccc(C4(N)CC(C)(O)C4)cc3)nn2)CC1. The highest BCUT2D eigenvalue weighted by Gasteiger charge is 2.49. The second kappa shape index (κ2) is 12.5. The molecule has 3 aromatic rings. The molecule has 0 aliphatic heterocycles. The van der Waals surface area contributed by atoms with Crippen LogP contribution in [0.25, 0.3) is 22.4 Å². The van der Waals surface area contributed by atoms with Crippen molar-refractivity contribution in [1.29, 1.82) is 0 Å². The summed E-state index contributed by atoms with van der Waals surface area (Å²) in [5.41, 5.74) is 9.77. The number of rotatable bonds is 9. The molecule has 5 rings (SSSR count). The Morgan fingerprint density at radius 1 is 1.00 bits per heavy atom. The summed E-state index contributed by atoms with van der Waals surface area (Å²) in [5.74, 6) is 0.852. The average Bonchev–Trinajstić information content (AvgIpc) is 2.97. The van der Waals surface area contributed by atoms with Crippen molar-refractivity contribution < 1.29 is 14.7 Å². The van der Waals surface area contributed by atoms with Gasteiger partial charge in [-0.15, -0.1) is 10.2 Å². The summed E-state index contributed by atoms with van der Waals surface area (Å²) in [6.07, 6.45) is 5.71. The van der Waals surface area contributed by atoms with Crippen molar-refractivity contribution >= 4 is 17.6 Å². The molecule has 2 aromatic carbocycles. The van der Waals surface area contributed by atoms with Gasteiger partial charge in [-0.2, -0.15) is 0 Å². The summed E-state index contributed by atoms with van der Waals surface area (Å²) in [4.78, 5) is 27.6. The van der Waals surface area contributed by atoms with Crippen LogP contribution in [-0.2, 0) is 15.1 Å². The first-order chi connectivity index (χ1) is 20.5. The first-order valence-electron chi connectivity index (χ1n) is 15.6. The van der Waals surface area contributed by atoms with Gasteiger partial charge in [0.2, 0.25) is 11.8 Å². The van der Waals surface area contributed by atoms with Crippen LogP contribution >= 0.6 is 0 Å². The van der Waals surface area contributed by atoms with Gasteiger partial charge in [-0.05, 0) is 82.4 Å². The zero-order chi connectivity index (χ0) is 30.8. The van der Waals surface area contributed by atoms with Crippen molar-refractivity contribution in [2.45, 2.75) is 102 Å². The van der Waals surface area contributed by atoms with Crippen molar-refractivity contribution in [3.05, 3.63) is 66.2 Å². The lowest BCUT2D eigenvalue weighted by Crippen LogP contribution is -2.58. The molecule has 8 heteroatoms. The van der Waals surface area contributed by atoms with Crippen LogP contribution in [0.15, 0.2) is 60.7 Å². The molecule has 0 atom stereocenters. The van der Waals surface area contributed by atoms with Crippen molar-refractivity contribution in [2.75, 3.05) is 5.32 Å². The maximum absolute atomic E-state index is 13.1. The molecule has 4 N–H and O–H groups in total. The van der Waals surface area contributed by atoms with E-state index in [0.29, 0.717) is 31.5 Å². The fraction of sp³-hybridized carbons (Fsp3) is 0.486. The van der Waals surface area contributed by atoms with Gasteiger partial charge in [0.25, 0.3) is 0 Å². The molecule has 8 nitrogen and oxygen atoms in total. The zero-order valence-electron chi connectivity index (χ0n) is 25.8. The molecule has 2 aliphatic rings. The van der Waals surface area contributed by atoms with Crippen molar-refractivity contribution in [1.82, 2.24) is 15.1 Å². The number of hydrogen-bond donors (Lipinski definition) is 3. The third kappa shape index (κ3) is 6.97. The van der Waals surface area contributed by atoms with Gasteiger partial charge >= 0.3 is 0 Å². The molecule has 1 heterocycles. The van der Waals surface area contributed by atoms with Gasteiger partial charge in [0.05, 0.1) is 5.60 Å². The van der Waals surface area contributed by atoms with Crippen LogP contribution in [0.3, 0.4) is 0 Å². The monoisotopic (exact) mass is 583 g/mol. The number of benzene rings is 2. The molecular weight excluding hydrogens is 538 g/mol. The largest absolute Gasteiger partial charge is 0.390 e. The lowest BCUT2D eigenvalue weighted by Gasteiger charge is -2.49. The quantitative estimate of drug-likeness (QED) is 0.282. The number of aliphatic hydroxyl groups is 1. The van der Waals surface area contributed by atoms with E-state index in [2.05, 4.69) is 29.4 Å². The number of anilines is 1. The minimum absolute atomic E-state index is 0.0659. The van der Waals surface area contributed by atoms with E-state index in [1.165, 1.54) is 0 Å². The Balaban J connectivity index is 1.27. The van der Waals surface area contributed by atoms with Gasteiger partial charge in [-0.1, -0.05) is 61.5 Å². The van der Waals surface area contributed by atoms with E-state index in [-0.39, 0.29) is 29.8 Å². The van der Waals surface area contributed by atoms with E-state index >= 15 is 0 Å². The van der Waals surface area contributed by atoms with Crippen LogP contribution in [0.5, 0.6) is 0 Å². The molecular formula is C35H45N5O3. The molecule has 0 bridgehead atoms. The van der Waals surface area contributed by atoms with Gasteiger partial charge in [0.15, 0.2) is 5.82 Å². The fourth-order valence-corrected chi connectivity index (χ4v) is 7.15. The van der Waals surface area contributed by atoms with Gasteiger partial charge in [-0.25, -0.2) is 0 Å². The first kappa shape index (κ1) is 30.8. The van der Waals surface area contributed by atoms with Crippen LogP contribution in [0.1, 0.15) is 84.6 Å². The number of nitrogens with zero attached hydrogens (tertiary/aromatic N) is 3. The smallest absolute Gasteiger partial charge is 0.225 e. The van der Waals surface area contributed by atoms with Crippen molar-refractivity contribution in [3.63, 3.8) is 0 Å². The standard InChI is InChI=1S/C35H45N5O3/c1-5-32(42)40(23(2)3)28-17-11-24(12-18-28)19-31(41)37-30-20-29(25-9-7-6-8-10-25)33(39-38-30)26-13-15-27(16-14-26)35(36)21-34(4,43)22-35/h6-10,13-16,20,23-24,28,43H,5,11-12,17-19,21-22,36H2,1-4H3,(H,37,38,41). The topological polar surface area (TPSA) is 121 Å². The Labute approximate surface area is 255 Å². The second-order valence-electron chi connectivity index (χ2n) is 13.1.